The summed E-state index contributed by atoms with van der Waals surface area (Å²) in [6.45, 7) is 4.40. The molecule has 104 valence electrons. The first kappa shape index (κ1) is 13.3. The predicted octanol–water partition coefficient (Wildman–Crippen LogP) is 2.12. The fourth-order valence-corrected chi connectivity index (χ4v) is 3.26. The van der Waals surface area contributed by atoms with E-state index in [0.29, 0.717) is 6.54 Å². The van der Waals surface area contributed by atoms with Gasteiger partial charge in [0.1, 0.15) is 6.04 Å². The van der Waals surface area contributed by atoms with Crippen LogP contribution in [0.25, 0.3) is 0 Å². The molecular weight excluding hydrogens is 270 g/mol. The number of benzene rings is 1. The van der Waals surface area contributed by atoms with E-state index in [1.807, 2.05) is 29.9 Å². The number of nitrogens with zero attached hydrogens (tertiary/aromatic N) is 2. The SMILES string of the molecule is Cc1ccccc1C1C(=O)NCCN1Cc1cncs1. The molecule has 1 aliphatic heterocycles. The van der Waals surface area contributed by atoms with E-state index in [1.54, 1.807) is 11.3 Å². The third-order valence-corrected chi connectivity index (χ3v) is 4.40. The van der Waals surface area contributed by atoms with Crippen LogP contribution in [0.1, 0.15) is 22.0 Å². The molecule has 0 spiro atoms. The van der Waals surface area contributed by atoms with Crippen LogP contribution in [0.2, 0.25) is 0 Å². The van der Waals surface area contributed by atoms with Gasteiger partial charge >= 0.3 is 0 Å². The number of hydrogen-bond donors (Lipinski definition) is 1. The van der Waals surface area contributed by atoms with Crippen molar-refractivity contribution in [1.82, 2.24) is 15.2 Å². The van der Waals surface area contributed by atoms with Gasteiger partial charge in [-0.05, 0) is 18.1 Å². The molecule has 3 rings (SSSR count). The van der Waals surface area contributed by atoms with Crippen LogP contribution in [0.4, 0.5) is 0 Å². The van der Waals surface area contributed by atoms with E-state index < -0.39 is 0 Å². The van der Waals surface area contributed by atoms with Crippen molar-refractivity contribution in [3.63, 3.8) is 0 Å². The van der Waals surface area contributed by atoms with Gasteiger partial charge in [-0.2, -0.15) is 0 Å². The summed E-state index contributed by atoms with van der Waals surface area (Å²) in [6.07, 6.45) is 1.88. The van der Waals surface area contributed by atoms with Crippen LogP contribution in [0.3, 0.4) is 0 Å². The average molecular weight is 287 g/mol. The Hall–Kier alpha value is -1.72. The highest BCUT2D eigenvalue weighted by molar-refractivity contribution is 7.09. The standard InChI is InChI=1S/C15H17N3OS/c1-11-4-2-3-5-13(11)14-15(19)17-6-7-18(14)9-12-8-16-10-20-12/h2-5,8,10,14H,6-7,9H2,1H3,(H,17,19). The monoisotopic (exact) mass is 287 g/mol. The third kappa shape index (κ3) is 2.59. The van der Waals surface area contributed by atoms with E-state index in [2.05, 4.69) is 28.2 Å². The summed E-state index contributed by atoms with van der Waals surface area (Å²) < 4.78 is 0. The molecule has 4 nitrogen and oxygen atoms in total. The smallest absolute Gasteiger partial charge is 0.242 e. The number of nitrogens with one attached hydrogen (secondary N) is 1. The summed E-state index contributed by atoms with van der Waals surface area (Å²) >= 11 is 1.63. The Bertz CT molecular complexity index is 597. The molecule has 0 saturated carbocycles. The van der Waals surface area contributed by atoms with Crippen molar-refractivity contribution < 1.29 is 4.79 Å². The fraction of sp³-hybridized carbons (Fsp3) is 0.333. The lowest BCUT2D eigenvalue weighted by molar-refractivity contribution is -0.129. The Morgan fingerprint density at radius 2 is 2.30 bits per heavy atom. The summed E-state index contributed by atoms with van der Waals surface area (Å²) in [5.74, 6) is 0.0927. The second kappa shape index (κ2) is 5.73. The molecule has 1 aromatic carbocycles. The number of aromatic nitrogens is 1. The number of hydrogen-bond acceptors (Lipinski definition) is 4. The molecule has 2 heterocycles. The number of carbonyl (C=O) groups is 1. The van der Waals surface area contributed by atoms with Gasteiger partial charge in [0.05, 0.1) is 5.51 Å². The van der Waals surface area contributed by atoms with Crippen LogP contribution in [-0.2, 0) is 11.3 Å². The van der Waals surface area contributed by atoms with Gasteiger partial charge in [-0.15, -0.1) is 11.3 Å². The molecule has 0 radical (unpaired) electrons. The topological polar surface area (TPSA) is 45.2 Å². The number of aryl methyl sites for hydroxylation is 1. The molecule has 0 aliphatic carbocycles. The molecule has 1 atom stereocenters. The lowest BCUT2D eigenvalue weighted by Crippen LogP contribution is -2.49. The summed E-state index contributed by atoms with van der Waals surface area (Å²) in [6, 6.07) is 7.90. The highest BCUT2D eigenvalue weighted by atomic mass is 32.1. The molecule has 1 unspecified atom stereocenters. The second-order valence-corrected chi connectivity index (χ2v) is 5.96. The van der Waals surface area contributed by atoms with Crippen LogP contribution < -0.4 is 5.32 Å². The minimum absolute atomic E-state index is 0.0927. The minimum atomic E-state index is -0.202. The van der Waals surface area contributed by atoms with Crippen molar-refractivity contribution in [2.75, 3.05) is 13.1 Å². The summed E-state index contributed by atoms with van der Waals surface area (Å²) in [5, 5.41) is 2.97. The van der Waals surface area contributed by atoms with E-state index in [0.717, 1.165) is 24.2 Å². The maximum absolute atomic E-state index is 12.3. The Kier molecular flexibility index (Phi) is 3.80. The van der Waals surface area contributed by atoms with Gasteiger partial charge in [0.25, 0.3) is 0 Å². The molecule has 20 heavy (non-hydrogen) atoms. The van der Waals surface area contributed by atoms with Gasteiger partial charge in [0.15, 0.2) is 0 Å². The number of thiazole rings is 1. The minimum Gasteiger partial charge on any atom is -0.353 e. The molecule has 1 aromatic heterocycles. The number of amides is 1. The van der Waals surface area contributed by atoms with E-state index in [1.165, 1.54) is 4.88 Å². The lowest BCUT2D eigenvalue weighted by Gasteiger charge is -2.35. The molecule has 1 fully saturated rings. The summed E-state index contributed by atoms with van der Waals surface area (Å²) in [4.78, 5) is 19.9. The zero-order valence-corrected chi connectivity index (χ0v) is 12.2. The highest BCUT2D eigenvalue weighted by Crippen LogP contribution is 2.28. The first-order valence-corrected chi connectivity index (χ1v) is 7.58. The van der Waals surface area contributed by atoms with Gasteiger partial charge in [0, 0.05) is 30.7 Å². The Labute approximate surface area is 122 Å². The Morgan fingerprint density at radius 3 is 3.05 bits per heavy atom. The quantitative estimate of drug-likeness (QED) is 0.940. The number of piperazine rings is 1. The zero-order chi connectivity index (χ0) is 13.9. The molecule has 1 aliphatic rings. The van der Waals surface area contributed by atoms with Crippen LogP contribution in [0.5, 0.6) is 0 Å². The van der Waals surface area contributed by atoms with E-state index >= 15 is 0 Å². The van der Waals surface area contributed by atoms with Crippen LogP contribution in [0.15, 0.2) is 36.0 Å². The van der Waals surface area contributed by atoms with Gasteiger partial charge in [0.2, 0.25) is 5.91 Å². The highest BCUT2D eigenvalue weighted by Gasteiger charge is 2.32. The maximum atomic E-state index is 12.3. The van der Waals surface area contributed by atoms with Crippen LogP contribution in [0, 0.1) is 6.92 Å². The fourth-order valence-electron chi connectivity index (χ4n) is 2.64. The van der Waals surface area contributed by atoms with Crippen molar-refractivity contribution in [3.05, 3.63) is 52.0 Å². The van der Waals surface area contributed by atoms with Crippen molar-refractivity contribution in [2.45, 2.75) is 19.5 Å². The largest absolute Gasteiger partial charge is 0.353 e. The second-order valence-electron chi connectivity index (χ2n) is 4.99. The van der Waals surface area contributed by atoms with Gasteiger partial charge < -0.3 is 5.32 Å². The van der Waals surface area contributed by atoms with E-state index in [4.69, 9.17) is 0 Å². The molecule has 2 aromatic rings. The summed E-state index contributed by atoms with van der Waals surface area (Å²) in [7, 11) is 0. The van der Waals surface area contributed by atoms with Crippen LogP contribution >= 0.6 is 11.3 Å². The first-order valence-electron chi connectivity index (χ1n) is 6.70. The van der Waals surface area contributed by atoms with Gasteiger partial charge in [-0.1, -0.05) is 24.3 Å². The van der Waals surface area contributed by atoms with E-state index in [-0.39, 0.29) is 11.9 Å². The van der Waals surface area contributed by atoms with Crippen LogP contribution in [-0.4, -0.2) is 28.9 Å². The summed E-state index contributed by atoms with van der Waals surface area (Å²) in [5.41, 5.74) is 4.08. The van der Waals surface area contributed by atoms with E-state index in [9.17, 15) is 4.79 Å². The number of carbonyl (C=O) groups excluding carboxylic acids is 1. The first-order chi connectivity index (χ1) is 9.75. The molecule has 5 heteroatoms. The molecular formula is C15H17N3OS. The van der Waals surface area contributed by atoms with Crippen molar-refractivity contribution in [1.29, 1.82) is 0 Å². The average Bonchev–Trinajstić information content (AvgIpc) is 2.93. The Balaban J connectivity index is 1.91. The maximum Gasteiger partial charge on any atom is 0.242 e. The molecule has 1 saturated heterocycles. The predicted molar refractivity (Wildman–Crippen MR) is 79.5 cm³/mol. The molecule has 1 N–H and O–H groups in total. The molecule has 1 amide bonds. The van der Waals surface area contributed by atoms with Crippen molar-refractivity contribution >= 4 is 17.2 Å². The number of rotatable bonds is 3. The Morgan fingerprint density at radius 1 is 1.45 bits per heavy atom. The van der Waals surface area contributed by atoms with Crippen molar-refractivity contribution in [2.24, 2.45) is 0 Å². The lowest BCUT2D eigenvalue weighted by atomic mass is 9.98. The molecule has 0 bridgehead atoms. The van der Waals surface area contributed by atoms with Gasteiger partial charge in [-0.25, -0.2) is 0 Å². The van der Waals surface area contributed by atoms with Crippen molar-refractivity contribution in [3.8, 4) is 0 Å². The normalized spacial score (nSPS) is 19.9. The van der Waals surface area contributed by atoms with Gasteiger partial charge in [-0.3, -0.25) is 14.7 Å². The zero-order valence-electron chi connectivity index (χ0n) is 11.4. The third-order valence-electron chi connectivity index (χ3n) is 3.64.